The van der Waals surface area contributed by atoms with E-state index in [1.54, 1.807) is 0 Å². The van der Waals surface area contributed by atoms with Gasteiger partial charge >= 0.3 is 0 Å². The molecule has 80 valence electrons. The van der Waals surface area contributed by atoms with E-state index in [1.165, 1.54) is 5.56 Å². The first kappa shape index (κ1) is 10.2. The van der Waals surface area contributed by atoms with E-state index in [4.69, 9.17) is 0 Å². The zero-order valence-corrected chi connectivity index (χ0v) is 9.11. The molecule has 1 N–H and O–H groups in total. The molecule has 0 aliphatic carbocycles. The molecular formula is C12H17N3. The lowest BCUT2D eigenvalue weighted by molar-refractivity contribution is 0.284. The van der Waals surface area contributed by atoms with Crippen LogP contribution in [0.3, 0.4) is 0 Å². The maximum atomic E-state index is 4.46. The van der Waals surface area contributed by atoms with E-state index < -0.39 is 0 Å². The number of amidine groups is 1. The van der Waals surface area contributed by atoms with Gasteiger partial charge in [-0.1, -0.05) is 30.3 Å². The van der Waals surface area contributed by atoms with Crippen LogP contribution in [0, 0.1) is 0 Å². The molecule has 0 unspecified atom stereocenters. The first-order valence-electron chi connectivity index (χ1n) is 5.39. The highest BCUT2D eigenvalue weighted by molar-refractivity contribution is 5.82. The molecule has 0 radical (unpaired) electrons. The molecule has 0 saturated carbocycles. The number of nitrogens with zero attached hydrogens (tertiary/aromatic N) is 2. The quantitative estimate of drug-likeness (QED) is 0.805. The highest BCUT2D eigenvalue weighted by Gasteiger charge is 2.07. The Bertz CT molecular complexity index is 332. The lowest BCUT2D eigenvalue weighted by atomic mass is 10.1. The Hall–Kier alpha value is -1.35. The van der Waals surface area contributed by atoms with Crippen LogP contribution in [-0.4, -0.2) is 31.0 Å². The Morgan fingerprint density at radius 1 is 1.27 bits per heavy atom. The Kier molecular flexibility index (Phi) is 3.35. The molecule has 15 heavy (non-hydrogen) atoms. The van der Waals surface area contributed by atoms with Crippen molar-refractivity contribution < 1.29 is 0 Å². The average molecular weight is 203 g/mol. The minimum Gasteiger partial charge on any atom is -0.307 e. The summed E-state index contributed by atoms with van der Waals surface area (Å²) >= 11 is 0. The largest absolute Gasteiger partial charge is 0.307 e. The number of hydrogen-bond donors (Lipinski definition) is 1. The molecule has 0 saturated heterocycles. The molecule has 1 aliphatic rings. The molecule has 1 heterocycles. The van der Waals surface area contributed by atoms with E-state index in [1.807, 2.05) is 6.07 Å². The van der Waals surface area contributed by atoms with Crippen molar-refractivity contribution in [1.29, 1.82) is 0 Å². The topological polar surface area (TPSA) is 27.6 Å². The third-order valence-electron chi connectivity index (χ3n) is 2.55. The van der Waals surface area contributed by atoms with Crippen molar-refractivity contribution in [3.63, 3.8) is 0 Å². The van der Waals surface area contributed by atoms with Crippen molar-refractivity contribution in [3.8, 4) is 0 Å². The lowest BCUT2D eigenvalue weighted by Crippen LogP contribution is -2.44. The molecule has 1 aromatic carbocycles. The summed E-state index contributed by atoms with van der Waals surface area (Å²) in [6.07, 6.45) is 2.05. The molecule has 0 atom stereocenters. The predicted octanol–water partition coefficient (Wildman–Crippen LogP) is 1.47. The maximum absolute atomic E-state index is 4.46. The molecule has 1 aromatic rings. The monoisotopic (exact) mass is 203 g/mol. The smallest absolute Gasteiger partial charge is 0.111 e. The molecular weight excluding hydrogens is 186 g/mol. The standard InChI is InChI=1S/C12H17N3/c1-15-10-9-13-12(14-15)8-7-11-5-3-2-4-6-11/h2-6H,7-10H2,1H3,(H,13,14). The van der Waals surface area contributed by atoms with Crippen LogP contribution in [0.1, 0.15) is 12.0 Å². The average Bonchev–Trinajstić information content (AvgIpc) is 2.28. The molecule has 2 rings (SSSR count). The highest BCUT2D eigenvalue weighted by atomic mass is 15.5. The van der Waals surface area contributed by atoms with Gasteiger partial charge in [0.05, 0.1) is 6.54 Å². The van der Waals surface area contributed by atoms with Crippen molar-refractivity contribution in [3.05, 3.63) is 35.9 Å². The molecule has 3 heteroatoms. The second-order valence-electron chi connectivity index (χ2n) is 3.85. The summed E-state index contributed by atoms with van der Waals surface area (Å²) in [5, 5.41) is 2.09. The van der Waals surface area contributed by atoms with Crippen molar-refractivity contribution in [2.75, 3.05) is 20.1 Å². The number of rotatable bonds is 3. The van der Waals surface area contributed by atoms with Crippen LogP contribution in [0.5, 0.6) is 0 Å². The number of nitrogens with one attached hydrogen (secondary N) is 1. The van der Waals surface area contributed by atoms with Gasteiger partial charge in [-0.2, -0.15) is 0 Å². The molecule has 1 aliphatic heterocycles. The van der Waals surface area contributed by atoms with Crippen molar-refractivity contribution >= 4 is 5.84 Å². The van der Waals surface area contributed by atoms with Gasteiger partial charge in [-0.25, -0.2) is 5.01 Å². The zero-order valence-electron chi connectivity index (χ0n) is 9.11. The Morgan fingerprint density at radius 3 is 2.80 bits per heavy atom. The first-order chi connectivity index (χ1) is 7.34. The fourth-order valence-corrected chi connectivity index (χ4v) is 1.69. The van der Waals surface area contributed by atoms with E-state index in [-0.39, 0.29) is 0 Å². The van der Waals surface area contributed by atoms with Gasteiger partial charge in [0.2, 0.25) is 0 Å². The summed E-state index contributed by atoms with van der Waals surface area (Å²) < 4.78 is 0. The maximum Gasteiger partial charge on any atom is 0.111 e. The summed E-state index contributed by atoms with van der Waals surface area (Å²) in [5.74, 6) is 1.10. The number of aryl methyl sites for hydroxylation is 1. The summed E-state index contributed by atoms with van der Waals surface area (Å²) in [4.78, 5) is 4.46. The normalized spacial score (nSPS) is 17.0. The molecule has 0 amide bonds. The molecule has 0 fully saturated rings. The van der Waals surface area contributed by atoms with Gasteiger partial charge in [0.1, 0.15) is 5.84 Å². The molecule has 0 aromatic heterocycles. The van der Waals surface area contributed by atoms with Crippen molar-refractivity contribution in [1.82, 2.24) is 10.4 Å². The van der Waals surface area contributed by atoms with Crippen LogP contribution in [0.25, 0.3) is 0 Å². The third kappa shape index (κ3) is 3.06. The second kappa shape index (κ2) is 4.94. The summed E-state index contributed by atoms with van der Waals surface area (Å²) in [5.41, 5.74) is 4.64. The minimum absolute atomic E-state index is 0.910. The van der Waals surface area contributed by atoms with Crippen molar-refractivity contribution in [2.45, 2.75) is 12.8 Å². The van der Waals surface area contributed by atoms with Crippen LogP contribution >= 0.6 is 0 Å². The van der Waals surface area contributed by atoms with E-state index >= 15 is 0 Å². The van der Waals surface area contributed by atoms with Gasteiger partial charge in [0.15, 0.2) is 0 Å². The van der Waals surface area contributed by atoms with Gasteiger partial charge in [-0.05, 0) is 12.0 Å². The number of likely N-dealkylation sites (N-methyl/N-ethyl adjacent to an activating group) is 1. The number of hydrazine groups is 1. The summed E-state index contributed by atoms with van der Waals surface area (Å²) in [6.45, 7) is 1.91. The molecule has 3 nitrogen and oxygen atoms in total. The van der Waals surface area contributed by atoms with Crippen LogP contribution < -0.4 is 5.43 Å². The highest BCUT2D eigenvalue weighted by Crippen LogP contribution is 2.04. The van der Waals surface area contributed by atoms with Gasteiger partial charge in [-0.15, -0.1) is 0 Å². The van der Waals surface area contributed by atoms with Gasteiger partial charge in [0.25, 0.3) is 0 Å². The van der Waals surface area contributed by atoms with Gasteiger partial charge in [-0.3, -0.25) is 4.99 Å². The van der Waals surface area contributed by atoms with Gasteiger partial charge in [0, 0.05) is 20.0 Å². The lowest BCUT2D eigenvalue weighted by Gasteiger charge is -2.24. The van der Waals surface area contributed by atoms with Crippen LogP contribution in [0.15, 0.2) is 35.3 Å². The number of benzene rings is 1. The second-order valence-corrected chi connectivity index (χ2v) is 3.85. The Morgan fingerprint density at radius 2 is 2.07 bits per heavy atom. The van der Waals surface area contributed by atoms with E-state index in [0.717, 1.165) is 31.8 Å². The first-order valence-corrected chi connectivity index (χ1v) is 5.39. The summed E-state index contributed by atoms with van der Waals surface area (Å²) in [6, 6.07) is 10.5. The predicted molar refractivity (Wildman–Crippen MR) is 62.8 cm³/mol. The minimum atomic E-state index is 0.910. The fourth-order valence-electron chi connectivity index (χ4n) is 1.69. The fraction of sp³-hybridized carbons (Fsp3) is 0.417. The number of hydrogen-bond acceptors (Lipinski definition) is 3. The Balaban J connectivity index is 1.86. The van der Waals surface area contributed by atoms with E-state index in [9.17, 15) is 0 Å². The Labute approximate surface area is 90.8 Å². The molecule has 0 spiro atoms. The van der Waals surface area contributed by atoms with Crippen LogP contribution in [0.4, 0.5) is 0 Å². The molecule has 0 bridgehead atoms. The van der Waals surface area contributed by atoms with Gasteiger partial charge < -0.3 is 5.43 Å². The SMILES string of the molecule is CN1CCN=C(CCc2ccccc2)N1. The zero-order chi connectivity index (χ0) is 10.5. The summed E-state index contributed by atoms with van der Waals surface area (Å²) in [7, 11) is 2.05. The van der Waals surface area contributed by atoms with E-state index in [0.29, 0.717) is 0 Å². The number of aliphatic imine (C=N–C) groups is 1. The van der Waals surface area contributed by atoms with Crippen LogP contribution in [-0.2, 0) is 6.42 Å². The third-order valence-corrected chi connectivity index (χ3v) is 2.55. The van der Waals surface area contributed by atoms with Crippen LogP contribution in [0.2, 0.25) is 0 Å². The van der Waals surface area contributed by atoms with E-state index in [2.05, 4.69) is 46.7 Å². The van der Waals surface area contributed by atoms with Crippen molar-refractivity contribution in [2.24, 2.45) is 4.99 Å².